The van der Waals surface area contributed by atoms with E-state index in [4.69, 9.17) is 23.7 Å². The maximum atomic E-state index is 13.1. The van der Waals surface area contributed by atoms with Crippen molar-refractivity contribution in [2.24, 2.45) is 0 Å². The highest BCUT2D eigenvalue weighted by atomic mass is 16.6. The van der Waals surface area contributed by atoms with Crippen LogP contribution in [-0.4, -0.2) is 38.5 Å². The number of benzene rings is 1. The van der Waals surface area contributed by atoms with E-state index in [1.165, 1.54) is 212 Å². The molecule has 0 radical (unpaired) electrons. The topological polar surface area (TPSA) is 63.2 Å². The largest absolute Gasteiger partial charge is 0.490 e. The normalized spacial score (nSPS) is 12.0. The first-order valence-electron chi connectivity index (χ1n) is 29.6. The SMILES string of the molecule is CCCCCCCCCCCCOc1cc(C=CC(=O)OC(C)CC)c(OCCCCCCCCCCCC)c(OCCCCCCCCCCCC)c1OCCCCCCCCCCCC. The Kier molecular flexibility index (Phi) is 45.5. The molecule has 0 bridgehead atoms. The van der Waals surface area contributed by atoms with Gasteiger partial charge in [-0.2, -0.15) is 0 Å². The molecule has 0 fully saturated rings. The highest BCUT2D eigenvalue weighted by Crippen LogP contribution is 2.48. The lowest BCUT2D eigenvalue weighted by atomic mass is 10.1. The number of hydrogen-bond donors (Lipinski definition) is 0. The average Bonchev–Trinajstić information content (AvgIpc) is 3.33. The quantitative estimate of drug-likeness (QED) is 0.0368. The van der Waals surface area contributed by atoms with Crippen LogP contribution in [0.2, 0.25) is 0 Å². The number of hydrogen-bond acceptors (Lipinski definition) is 6. The minimum atomic E-state index is -0.350. The summed E-state index contributed by atoms with van der Waals surface area (Å²) in [5.41, 5.74) is 0.774. The molecule has 0 aliphatic carbocycles. The Bertz CT molecular complexity index is 1240. The van der Waals surface area contributed by atoms with Gasteiger partial charge in [-0.25, -0.2) is 4.79 Å². The monoisotopic (exact) mass is 941 g/mol. The number of unbranched alkanes of at least 4 members (excludes halogenated alkanes) is 36. The van der Waals surface area contributed by atoms with Crippen LogP contribution < -0.4 is 18.9 Å². The van der Waals surface area contributed by atoms with Crippen LogP contribution in [0.1, 0.15) is 310 Å². The second kappa shape index (κ2) is 48.6. The summed E-state index contributed by atoms with van der Waals surface area (Å²) in [4.78, 5) is 13.1. The molecule has 0 N–H and O–H groups in total. The first-order chi connectivity index (χ1) is 33.0. The predicted molar refractivity (Wildman–Crippen MR) is 291 cm³/mol. The summed E-state index contributed by atoms with van der Waals surface area (Å²) >= 11 is 0. The van der Waals surface area contributed by atoms with Crippen molar-refractivity contribution >= 4 is 12.0 Å². The lowest BCUT2D eigenvalue weighted by Gasteiger charge is -2.22. The molecular weight excluding hydrogens is 829 g/mol. The molecule has 67 heavy (non-hydrogen) atoms. The summed E-state index contributed by atoms with van der Waals surface area (Å²) in [6.07, 6.45) is 54.9. The van der Waals surface area contributed by atoms with E-state index in [0.29, 0.717) is 49.4 Å². The Balaban J connectivity index is 3.32. The third-order valence-corrected chi connectivity index (χ3v) is 13.5. The van der Waals surface area contributed by atoms with Gasteiger partial charge in [0.15, 0.2) is 11.5 Å². The van der Waals surface area contributed by atoms with Crippen LogP contribution >= 0.6 is 0 Å². The standard InChI is InChI=1S/C61H112O6/c1-7-12-16-20-24-28-32-36-40-44-50-63-57-54-56(48-49-58(62)67-55(6)11-5)59(64-51-45-41-37-33-29-25-21-17-13-8-2)61(66-53-47-43-39-35-31-27-23-19-15-10-4)60(57)65-52-46-42-38-34-30-26-22-18-14-9-3/h48-49,54-55H,7-47,50-53H2,1-6H3. The van der Waals surface area contributed by atoms with Crippen molar-refractivity contribution in [2.75, 3.05) is 26.4 Å². The van der Waals surface area contributed by atoms with Gasteiger partial charge in [0.2, 0.25) is 11.5 Å². The molecule has 0 aliphatic heterocycles. The van der Waals surface area contributed by atoms with E-state index in [1.807, 2.05) is 26.0 Å². The molecule has 1 rings (SSSR count). The second-order valence-electron chi connectivity index (χ2n) is 20.1. The van der Waals surface area contributed by atoms with Crippen molar-refractivity contribution in [1.82, 2.24) is 0 Å². The average molecular weight is 942 g/mol. The summed E-state index contributed by atoms with van der Waals surface area (Å²) in [5, 5.41) is 0. The van der Waals surface area contributed by atoms with E-state index in [0.717, 1.165) is 63.4 Å². The zero-order valence-corrected chi connectivity index (χ0v) is 45.6. The zero-order chi connectivity index (χ0) is 48.5. The number of rotatable bonds is 52. The van der Waals surface area contributed by atoms with Crippen molar-refractivity contribution in [1.29, 1.82) is 0 Å². The lowest BCUT2D eigenvalue weighted by molar-refractivity contribution is -0.142. The minimum absolute atomic E-state index is 0.148. The van der Waals surface area contributed by atoms with E-state index in [1.54, 1.807) is 0 Å². The fraction of sp³-hybridized carbons (Fsp3) is 0.852. The molecule has 0 aliphatic rings. The third kappa shape index (κ3) is 37.2. The smallest absolute Gasteiger partial charge is 0.331 e. The Labute approximate surface area is 417 Å². The fourth-order valence-corrected chi connectivity index (χ4v) is 8.81. The molecule has 0 saturated heterocycles. The van der Waals surface area contributed by atoms with Gasteiger partial charge >= 0.3 is 5.97 Å². The molecule has 1 aromatic rings. The molecule has 1 unspecified atom stereocenters. The summed E-state index contributed by atoms with van der Waals surface area (Å²) < 4.78 is 32.8. The number of esters is 1. The summed E-state index contributed by atoms with van der Waals surface area (Å²) in [6, 6.07) is 2.03. The van der Waals surface area contributed by atoms with Crippen molar-refractivity contribution < 1.29 is 28.5 Å². The van der Waals surface area contributed by atoms with Gasteiger partial charge in [0.25, 0.3) is 0 Å². The highest BCUT2D eigenvalue weighted by Gasteiger charge is 2.24. The molecule has 0 spiro atoms. The lowest BCUT2D eigenvalue weighted by Crippen LogP contribution is -2.11. The third-order valence-electron chi connectivity index (χ3n) is 13.5. The first-order valence-corrected chi connectivity index (χ1v) is 29.6. The number of ether oxygens (including phenoxy) is 5. The van der Waals surface area contributed by atoms with Crippen LogP contribution in [0.5, 0.6) is 23.0 Å². The van der Waals surface area contributed by atoms with E-state index < -0.39 is 0 Å². The van der Waals surface area contributed by atoms with Crippen LogP contribution in [-0.2, 0) is 9.53 Å². The molecule has 0 saturated carbocycles. The Morgan fingerprint density at radius 3 is 1.00 bits per heavy atom. The molecule has 6 heteroatoms. The Morgan fingerprint density at radius 2 is 0.672 bits per heavy atom. The van der Waals surface area contributed by atoms with Gasteiger partial charge < -0.3 is 23.7 Å². The molecule has 0 aromatic heterocycles. The molecular formula is C61H112O6. The minimum Gasteiger partial charge on any atom is -0.490 e. The molecule has 1 aromatic carbocycles. The van der Waals surface area contributed by atoms with Crippen LogP contribution in [0, 0.1) is 0 Å². The van der Waals surface area contributed by atoms with Crippen molar-refractivity contribution in [3.05, 3.63) is 17.7 Å². The first kappa shape index (κ1) is 62.6. The Morgan fingerprint density at radius 1 is 0.388 bits per heavy atom. The molecule has 0 amide bonds. The summed E-state index contributed by atoms with van der Waals surface area (Å²) in [7, 11) is 0. The van der Waals surface area contributed by atoms with Gasteiger partial charge in [0, 0.05) is 11.6 Å². The van der Waals surface area contributed by atoms with Gasteiger partial charge in [-0.05, 0) is 51.2 Å². The summed E-state index contributed by atoms with van der Waals surface area (Å²) in [5.74, 6) is 2.28. The fourth-order valence-electron chi connectivity index (χ4n) is 8.81. The van der Waals surface area contributed by atoms with Gasteiger partial charge in [0.1, 0.15) is 0 Å². The molecule has 6 nitrogen and oxygen atoms in total. The van der Waals surface area contributed by atoms with Gasteiger partial charge in [-0.3, -0.25) is 0 Å². The van der Waals surface area contributed by atoms with Gasteiger partial charge in [0.05, 0.1) is 32.5 Å². The van der Waals surface area contributed by atoms with Crippen LogP contribution in [0.25, 0.3) is 6.08 Å². The molecule has 1 atom stereocenters. The van der Waals surface area contributed by atoms with Crippen LogP contribution in [0.15, 0.2) is 12.1 Å². The van der Waals surface area contributed by atoms with E-state index in [2.05, 4.69) is 27.7 Å². The second-order valence-corrected chi connectivity index (χ2v) is 20.1. The van der Waals surface area contributed by atoms with E-state index in [9.17, 15) is 4.79 Å². The maximum Gasteiger partial charge on any atom is 0.331 e. The van der Waals surface area contributed by atoms with Crippen molar-refractivity contribution in [3.63, 3.8) is 0 Å². The van der Waals surface area contributed by atoms with Crippen LogP contribution in [0.4, 0.5) is 0 Å². The van der Waals surface area contributed by atoms with Crippen molar-refractivity contribution in [2.45, 2.75) is 311 Å². The number of carbonyl (C=O) groups is 1. The highest BCUT2D eigenvalue weighted by molar-refractivity contribution is 5.88. The number of carbonyl (C=O) groups excluding carboxylic acids is 1. The zero-order valence-electron chi connectivity index (χ0n) is 45.6. The maximum absolute atomic E-state index is 13.1. The predicted octanol–water partition coefficient (Wildman–Crippen LogP) is 20.2. The van der Waals surface area contributed by atoms with Gasteiger partial charge in [-0.1, -0.05) is 266 Å². The molecule has 0 heterocycles. The van der Waals surface area contributed by atoms with Crippen LogP contribution in [0.3, 0.4) is 0 Å². The molecule has 392 valence electrons. The Hall–Kier alpha value is -2.37. The summed E-state index contributed by atoms with van der Waals surface area (Å²) in [6.45, 7) is 15.5. The van der Waals surface area contributed by atoms with Gasteiger partial charge in [-0.15, -0.1) is 0 Å². The van der Waals surface area contributed by atoms with Crippen molar-refractivity contribution in [3.8, 4) is 23.0 Å². The van der Waals surface area contributed by atoms with E-state index >= 15 is 0 Å². The van der Waals surface area contributed by atoms with E-state index in [-0.39, 0.29) is 12.1 Å².